The van der Waals surface area contributed by atoms with Gasteiger partial charge in [-0.2, -0.15) is 0 Å². The van der Waals surface area contributed by atoms with Gasteiger partial charge in [-0.3, -0.25) is 14.5 Å². The molecule has 1 amide bonds. The quantitative estimate of drug-likeness (QED) is 0.246. The number of hydrogen-bond donors (Lipinski definition) is 1. The minimum absolute atomic E-state index is 0.0964. The van der Waals surface area contributed by atoms with Crippen LogP contribution in [0.25, 0.3) is 5.76 Å². The van der Waals surface area contributed by atoms with Crippen LogP contribution >= 0.6 is 0 Å². The molecule has 0 bridgehead atoms. The molecule has 0 aliphatic carbocycles. The van der Waals surface area contributed by atoms with Gasteiger partial charge >= 0.3 is 0 Å². The SMILES string of the molecule is CCCOc1cccc(N2C(=O)C(=O)/C(=C(/O)c3cc(OC)ccc3OC)C2c2ccccc2OC)c1. The van der Waals surface area contributed by atoms with Crippen molar-refractivity contribution in [1.29, 1.82) is 0 Å². The number of rotatable bonds is 9. The maximum Gasteiger partial charge on any atom is 0.300 e. The minimum Gasteiger partial charge on any atom is -0.507 e. The summed E-state index contributed by atoms with van der Waals surface area (Å²) in [5.41, 5.74) is 1.11. The summed E-state index contributed by atoms with van der Waals surface area (Å²) in [5.74, 6) is -0.212. The summed E-state index contributed by atoms with van der Waals surface area (Å²) in [5, 5.41) is 11.5. The third-order valence-corrected chi connectivity index (χ3v) is 6.11. The first-order valence-electron chi connectivity index (χ1n) is 11.8. The zero-order valence-corrected chi connectivity index (χ0v) is 21.2. The lowest BCUT2D eigenvalue weighted by molar-refractivity contribution is -0.132. The van der Waals surface area contributed by atoms with E-state index in [2.05, 4.69) is 0 Å². The van der Waals surface area contributed by atoms with E-state index in [4.69, 9.17) is 18.9 Å². The molecule has 4 rings (SSSR count). The highest BCUT2D eigenvalue weighted by Gasteiger charge is 2.48. The Morgan fingerprint density at radius 1 is 0.865 bits per heavy atom. The summed E-state index contributed by atoms with van der Waals surface area (Å²) in [6.45, 7) is 2.50. The maximum atomic E-state index is 13.5. The van der Waals surface area contributed by atoms with Crippen molar-refractivity contribution >= 4 is 23.1 Å². The molecule has 3 aromatic carbocycles. The van der Waals surface area contributed by atoms with Crippen molar-refractivity contribution < 1.29 is 33.6 Å². The molecule has 1 N–H and O–H groups in total. The number of aliphatic hydroxyl groups excluding tert-OH is 1. The number of carbonyl (C=O) groups excluding carboxylic acids is 2. The Balaban J connectivity index is 1.97. The van der Waals surface area contributed by atoms with Gasteiger partial charge in [0, 0.05) is 17.3 Å². The standard InChI is InChI=1S/C29H29NO7/c1-5-15-37-20-10-8-9-18(16-20)30-26(21-11-6-7-12-23(21)35-3)25(28(32)29(30)33)27(31)22-17-19(34-2)13-14-24(22)36-4/h6-14,16-17,26,31H,5,15H2,1-4H3/b27-25+. The maximum absolute atomic E-state index is 13.5. The number of aliphatic hydroxyl groups is 1. The zero-order valence-electron chi connectivity index (χ0n) is 21.2. The van der Waals surface area contributed by atoms with E-state index in [1.54, 1.807) is 66.7 Å². The van der Waals surface area contributed by atoms with Crippen LogP contribution in [0.4, 0.5) is 5.69 Å². The molecule has 1 fully saturated rings. The number of carbonyl (C=O) groups is 2. The molecule has 37 heavy (non-hydrogen) atoms. The molecule has 0 saturated carbocycles. The summed E-state index contributed by atoms with van der Waals surface area (Å²) < 4.78 is 22.1. The highest BCUT2D eigenvalue weighted by Crippen LogP contribution is 2.46. The Morgan fingerprint density at radius 3 is 2.32 bits per heavy atom. The van der Waals surface area contributed by atoms with Crippen molar-refractivity contribution in [3.05, 3.63) is 83.4 Å². The first-order chi connectivity index (χ1) is 17.9. The van der Waals surface area contributed by atoms with E-state index in [9.17, 15) is 14.7 Å². The van der Waals surface area contributed by atoms with Crippen molar-refractivity contribution in [2.45, 2.75) is 19.4 Å². The number of amides is 1. The molecule has 1 saturated heterocycles. The molecule has 192 valence electrons. The Bertz CT molecular complexity index is 1350. The van der Waals surface area contributed by atoms with Gasteiger partial charge in [-0.1, -0.05) is 31.2 Å². The van der Waals surface area contributed by atoms with E-state index in [0.29, 0.717) is 40.9 Å². The lowest BCUT2D eigenvalue weighted by Gasteiger charge is -2.27. The molecule has 8 heteroatoms. The lowest BCUT2D eigenvalue weighted by Crippen LogP contribution is -2.29. The number of methoxy groups -OCH3 is 3. The molecule has 1 heterocycles. The fourth-order valence-corrected chi connectivity index (χ4v) is 4.37. The van der Waals surface area contributed by atoms with Gasteiger partial charge in [0.25, 0.3) is 11.7 Å². The van der Waals surface area contributed by atoms with Crippen molar-refractivity contribution in [1.82, 2.24) is 0 Å². The molecular formula is C29H29NO7. The van der Waals surface area contributed by atoms with Gasteiger partial charge in [-0.25, -0.2) is 0 Å². The predicted octanol–water partition coefficient (Wildman–Crippen LogP) is 5.13. The van der Waals surface area contributed by atoms with E-state index >= 15 is 0 Å². The van der Waals surface area contributed by atoms with Crippen LogP contribution in [-0.2, 0) is 9.59 Å². The first-order valence-corrected chi connectivity index (χ1v) is 11.8. The van der Waals surface area contributed by atoms with Gasteiger partial charge in [0.15, 0.2) is 0 Å². The number of nitrogens with zero attached hydrogens (tertiary/aromatic N) is 1. The normalized spacial score (nSPS) is 16.5. The molecule has 1 aliphatic rings. The van der Waals surface area contributed by atoms with E-state index in [0.717, 1.165) is 6.42 Å². The molecule has 0 aromatic heterocycles. The van der Waals surface area contributed by atoms with Crippen LogP contribution < -0.4 is 23.8 Å². The third kappa shape index (κ3) is 4.82. The van der Waals surface area contributed by atoms with Crippen LogP contribution in [0.2, 0.25) is 0 Å². The van der Waals surface area contributed by atoms with E-state index < -0.39 is 17.7 Å². The monoisotopic (exact) mass is 503 g/mol. The highest BCUT2D eigenvalue weighted by atomic mass is 16.5. The third-order valence-electron chi connectivity index (χ3n) is 6.11. The second kappa shape index (κ2) is 11.1. The molecule has 1 atom stereocenters. The second-order valence-electron chi connectivity index (χ2n) is 8.32. The number of anilines is 1. The fourth-order valence-electron chi connectivity index (χ4n) is 4.37. The number of benzene rings is 3. The van der Waals surface area contributed by atoms with Crippen LogP contribution in [0.15, 0.2) is 72.3 Å². The number of ether oxygens (including phenoxy) is 4. The molecular weight excluding hydrogens is 474 g/mol. The molecule has 3 aromatic rings. The highest BCUT2D eigenvalue weighted by molar-refractivity contribution is 6.51. The van der Waals surface area contributed by atoms with Gasteiger partial charge in [-0.05, 0) is 42.8 Å². The average Bonchev–Trinajstić information content (AvgIpc) is 3.20. The predicted molar refractivity (Wildman–Crippen MR) is 140 cm³/mol. The molecule has 1 aliphatic heterocycles. The largest absolute Gasteiger partial charge is 0.507 e. The minimum atomic E-state index is -0.978. The Kier molecular flexibility index (Phi) is 7.67. The summed E-state index contributed by atoms with van der Waals surface area (Å²) in [4.78, 5) is 28.4. The van der Waals surface area contributed by atoms with E-state index in [1.165, 1.54) is 26.2 Å². The number of Topliss-reactive ketones (excluding diaryl/α,β-unsaturated/α-hetero) is 1. The molecule has 1 unspecified atom stereocenters. The van der Waals surface area contributed by atoms with Crippen molar-refractivity contribution in [3.8, 4) is 23.0 Å². The summed E-state index contributed by atoms with van der Waals surface area (Å²) in [7, 11) is 4.46. The van der Waals surface area contributed by atoms with Crippen LogP contribution in [0.5, 0.6) is 23.0 Å². The summed E-state index contributed by atoms with van der Waals surface area (Å²) in [6, 6.07) is 17.9. The second-order valence-corrected chi connectivity index (χ2v) is 8.32. The van der Waals surface area contributed by atoms with Crippen LogP contribution in [0.1, 0.15) is 30.5 Å². The van der Waals surface area contributed by atoms with E-state index in [1.807, 2.05) is 6.92 Å². The smallest absolute Gasteiger partial charge is 0.300 e. The Morgan fingerprint density at radius 2 is 1.62 bits per heavy atom. The van der Waals surface area contributed by atoms with Gasteiger partial charge in [-0.15, -0.1) is 0 Å². The Hall–Kier alpha value is -4.46. The topological polar surface area (TPSA) is 94.5 Å². The van der Waals surface area contributed by atoms with Gasteiger partial charge < -0.3 is 24.1 Å². The van der Waals surface area contributed by atoms with Gasteiger partial charge in [0.05, 0.1) is 45.1 Å². The van der Waals surface area contributed by atoms with Crippen molar-refractivity contribution in [3.63, 3.8) is 0 Å². The fraction of sp³-hybridized carbons (Fsp3) is 0.241. The number of para-hydroxylation sites is 1. The molecule has 0 spiro atoms. The lowest BCUT2D eigenvalue weighted by atomic mass is 9.94. The van der Waals surface area contributed by atoms with E-state index in [-0.39, 0.29) is 16.9 Å². The molecule has 0 radical (unpaired) electrons. The Labute approximate surface area is 215 Å². The summed E-state index contributed by atoms with van der Waals surface area (Å²) in [6.07, 6.45) is 0.818. The van der Waals surface area contributed by atoms with Crippen molar-refractivity contribution in [2.75, 3.05) is 32.8 Å². The first kappa shape index (κ1) is 25.6. The van der Waals surface area contributed by atoms with Crippen LogP contribution in [0.3, 0.4) is 0 Å². The molecule has 8 nitrogen and oxygen atoms in total. The van der Waals surface area contributed by atoms with Crippen LogP contribution in [-0.4, -0.2) is 44.7 Å². The van der Waals surface area contributed by atoms with Crippen LogP contribution in [0, 0.1) is 0 Å². The average molecular weight is 504 g/mol. The van der Waals surface area contributed by atoms with Crippen molar-refractivity contribution in [2.24, 2.45) is 0 Å². The number of ketones is 1. The summed E-state index contributed by atoms with van der Waals surface area (Å²) >= 11 is 0. The van der Waals surface area contributed by atoms with Gasteiger partial charge in [0.2, 0.25) is 0 Å². The van der Waals surface area contributed by atoms with Gasteiger partial charge in [0.1, 0.15) is 28.8 Å². The number of hydrogen-bond acceptors (Lipinski definition) is 7. The zero-order chi connectivity index (χ0) is 26.5.